The molecule has 0 spiro atoms. The average Bonchev–Trinajstić information content (AvgIpc) is 2.96. The first-order valence-corrected chi connectivity index (χ1v) is 7.91. The van der Waals surface area contributed by atoms with E-state index < -0.39 is 0 Å². The molecule has 0 saturated heterocycles. The second-order valence-corrected chi connectivity index (χ2v) is 6.54. The molecule has 1 aromatic carbocycles. The Morgan fingerprint density at radius 3 is 2.55 bits per heavy atom. The lowest BCUT2D eigenvalue weighted by atomic mass is 10.0. The third kappa shape index (κ3) is 2.61. The van der Waals surface area contributed by atoms with Crippen LogP contribution in [0.15, 0.2) is 30.5 Å². The van der Waals surface area contributed by atoms with Crippen molar-refractivity contribution in [3.63, 3.8) is 0 Å². The van der Waals surface area contributed by atoms with Crippen molar-refractivity contribution in [3.8, 4) is 11.3 Å². The van der Waals surface area contributed by atoms with Gasteiger partial charge in [0.25, 0.3) is 0 Å². The maximum absolute atomic E-state index is 4.66. The van der Waals surface area contributed by atoms with Gasteiger partial charge in [-0.3, -0.25) is 0 Å². The number of imidazole rings is 1. The second-order valence-electron chi connectivity index (χ2n) is 5.50. The van der Waals surface area contributed by atoms with Crippen LogP contribution in [0.5, 0.6) is 0 Å². The summed E-state index contributed by atoms with van der Waals surface area (Å²) >= 11 is 1.67. The van der Waals surface area contributed by atoms with Gasteiger partial charge in [-0.15, -0.1) is 0 Å². The first-order chi connectivity index (χ1) is 9.65. The van der Waals surface area contributed by atoms with Gasteiger partial charge >= 0.3 is 0 Å². The first-order valence-electron chi connectivity index (χ1n) is 7.10. The van der Waals surface area contributed by atoms with Crippen molar-refractivity contribution in [3.05, 3.63) is 41.0 Å². The van der Waals surface area contributed by atoms with Gasteiger partial charge in [0.2, 0.25) is 4.96 Å². The van der Waals surface area contributed by atoms with Gasteiger partial charge in [-0.25, -0.2) is 9.50 Å². The number of hydrogen-bond donors (Lipinski definition) is 0. The molecule has 3 rings (SSSR count). The maximum Gasteiger partial charge on any atom is 0.212 e. The number of nitrogens with zero attached hydrogens (tertiary/aromatic N) is 3. The van der Waals surface area contributed by atoms with Gasteiger partial charge in [-0.05, 0) is 24.3 Å². The summed E-state index contributed by atoms with van der Waals surface area (Å²) in [5.41, 5.74) is 3.55. The SMILES string of the molecule is CCc1nn2cc(-c3ccc(CC(C)C)cc3)nc2s1. The Balaban J connectivity index is 1.88. The van der Waals surface area contributed by atoms with E-state index in [2.05, 4.69) is 55.1 Å². The Kier molecular flexibility index (Phi) is 3.57. The summed E-state index contributed by atoms with van der Waals surface area (Å²) in [6, 6.07) is 8.72. The minimum atomic E-state index is 0.690. The van der Waals surface area contributed by atoms with Gasteiger partial charge in [0, 0.05) is 5.56 Å². The van der Waals surface area contributed by atoms with Crippen LogP contribution in [0, 0.1) is 5.92 Å². The van der Waals surface area contributed by atoms with Crippen LogP contribution in [0.2, 0.25) is 0 Å². The molecule has 104 valence electrons. The fraction of sp³-hybridized carbons (Fsp3) is 0.375. The van der Waals surface area contributed by atoms with Crippen LogP contribution in [0.4, 0.5) is 0 Å². The van der Waals surface area contributed by atoms with Gasteiger partial charge in [0.15, 0.2) is 0 Å². The number of aryl methyl sites for hydroxylation is 1. The molecule has 3 aromatic rings. The maximum atomic E-state index is 4.66. The highest BCUT2D eigenvalue weighted by Gasteiger charge is 2.09. The summed E-state index contributed by atoms with van der Waals surface area (Å²) in [4.78, 5) is 5.64. The molecule has 0 aliphatic heterocycles. The molecule has 2 aromatic heterocycles. The highest BCUT2D eigenvalue weighted by molar-refractivity contribution is 7.16. The zero-order chi connectivity index (χ0) is 14.1. The Morgan fingerprint density at radius 1 is 1.20 bits per heavy atom. The van der Waals surface area contributed by atoms with Gasteiger partial charge in [0.05, 0.1) is 11.9 Å². The Bertz CT molecular complexity index is 675. The van der Waals surface area contributed by atoms with Gasteiger partial charge in [0.1, 0.15) is 5.01 Å². The van der Waals surface area contributed by atoms with E-state index in [9.17, 15) is 0 Å². The zero-order valence-corrected chi connectivity index (χ0v) is 12.9. The van der Waals surface area contributed by atoms with E-state index in [1.165, 1.54) is 5.56 Å². The van der Waals surface area contributed by atoms with Crippen molar-refractivity contribution in [2.24, 2.45) is 5.92 Å². The lowest BCUT2D eigenvalue weighted by Crippen LogP contribution is -1.93. The highest BCUT2D eigenvalue weighted by atomic mass is 32.1. The predicted octanol–water partition coefficient (Wildman–Crippen LogP) is 4.22. The molecule has 2 heterocycles. The number of hydrogen-bond acceptors (Lipinski definition) is 3. The molecule has 0 radical (unpaired) electrons. The standard InChI is InChI=1S/C16H19N3S/c1-4-15-18-19-10-14(17-16(19)20-15)13-7-5-12(6-8-13)9-11(2)3/h5-8,10-11H,4,9H2,1-3H3. The molecular weight excluding hydrogens is 266 g/mol. The quantitative estimate of drug-likeness (QED) is 0.718. The van der Waals surface area contributed by atoms with Crippen LogP contribution in [-0.4, -0.2) is 14.6 Å². The molecule has 20 heavy (non-hydrogen) atoms. The van der Waals surface area contributed by atoms with Crippen molar-refractivity contribution in [1.82, 2.24) is 14.6 Å². The molecule has 0 fully saturated rings. The molecule has 0 unspecified atom stereocenters. The number of fused-ring (bicyclic) bond motifs is 1. The Hall–Kier alpha value is -1.68. The van der Waals surface area contributed by atoms with Crippen LogP contribution in [0.1, 0.15) is 31.3 Å². The minimum absolute atomic E-state index is 0.690. The first kappa shape index (κ1) is 13.3. The van der Waals surface area contributed by atoms with Crippen LogP contribution >= 0.6 is 11.3 Å². The molecule has 0 saturated carbocycles. The van der Waals surface area contributed by atoms with Crippen LogP contribution < -0.4 is 0 Å². The number of aromatic nitrogens is 3. The monoisotopic (exact) mass is 285 g/mol. The molecule has 0 bridgehead atoms. The Morgan fingerprint density at radius 2 is 1.95 bits per heavy atom. The summed E-state index contributed by atoms with van der Waals surface area (Å²) in [5, 5.41) is 5.64. The fourth-order valence-electron chi connectivity index (χ4n) is 2.31. The molecule has 0 aliphatic carbocycles. The molecule has 0 aliphatic rings. The van der Waals surface area contributed by atoms with Crippen molar-refractivity contribution >= 4 is 16.3 Å². The van der Waals surface area contributed by atoms with Gasteiger partial charge in [-0.2, -0.15) is 5.10 Å². The predicted molar refractivity (Wildman–Crippen MR) is 84.2 cm³/mol. The molecule has 0 N–H and O–H groups in total. The van der Waals surface area contributed by atoms with Crippen molar-refractivity contribution in [1.29, 1.82) is 0 Å². The minimum Gasteiger partial charge on any atom is -0.217 e. The van der Waals surface area contributed by atoms with Gasteiger partial charge in [-0.1, -0.05) is 56.4 Å². The van der Waals surface area contributed by atoms with Gasteiger partial charge < -0.3 is 0 Å². The molecule has 0 amide bonds. The summed E-state index contributed by atoms with van der Waals surface area (Å²) in [5.74, 6) is 0.690. The second kappa shape index (κ2) is 5.37. The third-order valence-electron chi connectivity index (χ3n) is 3.28. The van der Waals surface area contributed by atoms with E-state index in [4.69, 9.17) is 0 Å². The highest BCUT2D eigenvalue weighted by Crippen LogP contribution is 2.23. The van der Waals surface area contributed by atoms with Crippen molar-refractivity contribution in [2.75, 3.05) is 0 Å². The van der Waals surface area contributed by atoms with E-state index in [1.807, 2.05) is 10.7 Å². The van der Waals surface area contributed by atoms with Crippen molar-refractivity contribution < 1.29 is 0 Å². The summed E-state index contributed by atoms with van der Waals surface area (Å²) < 4.78 is 1.89. The fourth-order valence-corrected chi connectivity index (χ4v) is 3.12. The molecule has 3 nitrogen and oxygen atoms in total. The largest absolute Gasteiger partial charge is 0.217 e. The zero-order valence-electron chi connectivity index (χ0n) is 12.1. The lowest BCUT2D eigenvalue weighted by molar-refractivity contribution is 0.647. The summed E-state index contributed by atoms with van der Waals surface area (Å²) in [6.45, 7) is 6.61. The average molecular weight is 285 g/mol. The lowest BCUT2D eigenvalue weighted by Gasteiger charge is -2.05. The molecule has 0 atom stereocenters. The van der Waals surface area contributed by atoms with E-state index >= 15 is 0 Å². The van der Waals surface area contributed by atoms with E-state index in [-0.39, 0.29) is 0 Å². The van der Waals surface area contributed by atoms with E-state index in [1.54, 1.807) is 11.3 Å². The molecular formula is C16H19N3S. The normalized spacial score (nSPS) is 11.6. The number of rotatable bonds is 4. The topological polar surface area (TPSA) is 30.2 Å². The summed E-state index contributed by atoms with van der Waals surface area (Å²) in [7, 11) is 0. The summed E-state index contributed by atoms with van der Waals surface area (Å²) in [6.07, 6.45) is 4.11. The Labute approximate surface area is 123 Å². The molecule has 4 heteroatoms. The number of benzene rings is 1. The van der Waals surface area contributed by atoms with Crippen LogP contribution in [0.3, 0.4) is 0 Å². The van der Waals surface area contributed by atoms with E-state index in [0.29, 0.717) is 5.92 Å². The van der Waals surface area contributed by atoms with Crippen LogP contribution in [0.25, 0.3) is 16.2 Å². The smallest absolute Gasteiger partial charge is 0.212 e. The van der Waals surface area contributed by atoms with Crippen LogP contribution in [-0.2, 0) is 12.8 Å². The van der Waals surface area contributed by atoms with E-state index in [0.717, 1.165) is 34.1 Å². The third-order valence-corrected chi connectivity index (χ3v) is 4.35. The van der Waals surface area contributed by atoms with Crippen molar-refractivity contribution in [2.45, 2.75) is 33.6 Å².